The molecule has 9 atom stereocenters. The molecule has 0 unspecified atom stereocenters. The summed E-state index contributed by atoms with van der Waals surface area (Å²) in [7, 11) is 9.83. The van der Waals surface area contributed by atoms with Crippen molar-refractivity contribution in [1.82, 2.24) is 31.1 Å². The smallest absolute Gasteiger partial charge is 0.793 e. The summed E-state index contributed by atoms with van der Waals surface area (Å²) >= 11 is 3.54. The Morgan fingerprint density at radius 3 is 1.05 bits per heavy atom. The fourth-order valence-electron chi connectivity index (χ4n) is 13.6. The Kier molecular flexibility index (Phi) is 70.5. The molecule has 138 heavy (non-hydrogen) atoms. The number of rotatable bonds is 43. The zero-order valence-electron chi connectivity index (χ0n) is 87.2. The Balaban J connectivity index is -0.00000168. The zero-order chi connectivity index (χ0) is 105. The van der Waals surface area contributed by atoms with Gasteiger partial charge in [0.05, 0.1) is 65.9 Å². The van der Waals surface area contributed by atoms with Crippen molar-refractivity contribution in [1.29, 1.82) is 0 Å². The normalized spacial score (nSPS) is 15.2. The van der Waals surface area contributed by atoms with Gasteiger partial charge in [0.1, 0.15) is 36.5 Å². The third kappa shape index (κ3) is 57.6. The predicted octanol–water partition coefficient (Wildman–Crippen LogP) is 15.5. The maximum absolute atomic E-state index is 13.8. The molecule has 765 valence electrons. The third-order valence-electron chi connectivity index (χ3n) is 21.2. The van der Waals surface area contributed by atoms with E-state index in [0.717, 1.165) is 173 Å². The van der Waals surface area contributed by atoms with E-state index in [4.69, 9.17) is 34.5 Å². The van der Waals surface area contributed by atoms with Crippen molar-refractivity contribution in [3.63, 3.8) is 0 Å². The standard InChI is InChI=1S/C33H44N2O4.C31H41BrN2O4.C13H25NO2.C12H23NO2.C7H15NO2.C5H8O.C4H6O4.C2H3BO2.Na/c1-7-9-10-11-18-34-30(33(3,4)5)31(36)35-22-28(21-29(35)32(37)38-6)39-23-25-15-13-17-27(20-25)26-16-12-14-24(8-2)19-26;1-6-7-8-9-16-33-28(31(2,3)4)29(35)34-20-26(19-27(34)30(36)37-5)38-21-22-12-10-13-23(17-22)24-14-11-15-25(32)18-24;1-6-7-8-9-10-14-11(12(15)16-5)13(2,3)4;1-5-6-7-8-9-13-10(11(14)15)12(2,3)4;1-7(2,3)5(8)6(9)10-4;1-2-3-4-5-6;1-3(5)7-8-4(2)6;1-2(4)5-3;/h7-8,12-17,19-20,28-30,34H,1-2,9-11,18,21-23H2,3-6H3;6,10-15,17-18,26-28,33H,1,7-9,16,19-21H2,2-5H3;6,11,14H,1,7-10H2,2-5H3;5,10,13H,1,6-9H2,2-4H3,(H,14,15);5H,8H2,1-4H3;2,5H,1,3-4H2;1-2H3;1H3;/q;;;;;;;-1;+1/t28-,29+,30-;26-,27+,28-;11-;10-;5-;;;;/m11111..../s1. The average Bonchev–Trinajstić information content (AvgIpc) is 1.65. The number of nitrogens with two attached hydrogens (primary N) is 1. The van der Waals surface area contributed by atoms with Crippen molar-refractivity contribution in [2.75, 3.05) is 67.7 Å². The number of likely N-dealkylation sites (tertiary alicyclic amines) is 2. The van der Waals surface area contributed by atoms with Crippen molar-refractivity contribution in [3.05, 3.63) is 188 Å². The average molecular weight is 2000 g/mol. The Hall–Kier alpha value is -9.05. The maximum Gasteiger partial charge on any atom is 1.00 e. The Morgan fingerprint density at radius 1 is 0.449 bits per heavy atom. The van der Waals surface area contributed by atoms with Gasteiger partial charge in [-0.2, -0.15) is 0 Å². The van der Waals surface area contributed by atoms with Gasteiger partial charge in [0.15, 0.2) is 0 Å². The first-order chi connectivity index (χ1) is 64.3. The van der Waals surface area contributed by atoms with Crippen LogP contribution in [0.2, 0.25) is 0 Å². The van der Waals surface area contributed by atoms with E-state index in [9.17, 15) is 52.7 Å². The van der Waals surface area contributed by atoms with E-state index < -0.39 is 72.1 Å². The number of halogens is 1. The van der Waals surface area contributed by atoms with E-state index >= 15 is 0 Å². The topological polar surface area (TPSA) is 372 Å². The molecular weight excluding hydrogens is 1830 g/mol. The molecule has 31 heteroatoms. The summed E-state index contributed by atoms with van der Waals surface area (Å²) in [5.74, 6) is -4.03. The van der Waals surface area contributed by atoms with Crippen molar-refractivity contribution in [2.24, 2.45) is 32.8 Å². The molecule has 7 N–H and O–H groups in total. The molecule has 4 aromatic carbocycles. The van der Waals surface area contributed by atoms with Crippen LogP contribution in [0, 0.1) is 27.1 Å². The SMILES string of the molecule is C=CCCC=O.C=CCCCCN[C@H](C(=O)N1C[C@H](OCc2cccc(-c3cccc(Br)c3)c2)C[C@H]1C(=O)OC)C(C)(C)C.C=CCCCCN[C@H](C(=O)N1C[C@H](OCc2cccc(-c3cccc(C=C)c3)c2)C[C@H]1C(=O)OC)C(C)(C)C.C=CCCCCN[C@H](C(=O)O)C(C)(C)C.C=CCCCCN[C@H](C(=O)OC)C(C)(C)C.CC(=O)OOC(C)=O.COC(=O)[C@@H](N)C(C)(C)C.[B-]OC(C)=O.[Na+]. The Labute approximate surface area is 857 Å². The van der Waals surface area contributed by atoms with Crippen LogP contribution in [0.3, 0.4) is 0 Å². The summed E-state index contributed by atoms with van der Waals surface area (Å²) in [5.41, 5.74) is 11.9. The fourth-order valence-corrected chi connectivity index (χ4v) is 14.0. The largest absolute Gasteiger partial charge is 1.00 e. The summed E-state index contributed by atoms with van der Waals surface area (Å²) in [6.07, 6.45) is 25.9. The van der Waals surface area contributed by atoms with Gasteiger partial charge < -0.3 is 87.8 Å². The number of esters is 4. The van der Waals surface area contributed by atoms with Crippen LogP contribution >= 0.6 is 15.9 Å². The van der Waals surface area contributed by atoms with Crippen LogP contribution in [0.25, 0.3) is 28.3 Å². The first kappa shape index (κ1) is 133. The summed E-state index contributed by atoms with van der Waals surface area (Å²) in [4.78, 5) is 136. The second-order valence-corrected chi connectivity index (χ2v) is 39.2. The molecule has 2 amide bonds. The molecule has 2 fully saturated rings. The van der Waals surface area contributed by atoms with E-state index in [1.807, 2.05) is 183 Å². The van der Waals surface area contributed by atoms with Crippen LogP contribution in [0.4, 0.5) is 0 Å². The molecule has 0 spiro atoms. The molecule has 0 bridgehead atoms. The van der Waals surface area contributed by atoms with Gasteiger partial charge in [0, 0.05) is 57.6 Å². The van der Waals surface area contributed by atoms with Crippen molar-refractivity contribution < 1.29 is 130 Å². The van der Waals surface area contributed by atoms with Gasteiger partial charge in [-0.15, -0.1) is 32.9 Å². The molecule has 3 radical (unpaired) electrons. The number of nitrogens with zero attached hydrogens (tertiary/aromatic N) is 2. The molecule has 2 saturated heterocycles. The number of carbonyl (C=O) groups is 11. The molecule has 28 nitrogen and oxygen atoms in total. The fraction of sp³-hybridized carbons (Fsp3) is 0.561. The molecule has 0 saturated carbocycles. The number of carboxylic acids is 1. The molecule has 2 aliphatic heterocycles. The Bertz CT molecular complexity index is 4280. The van der Waals surface area contributed by atoms with Crippen molar-refractivity contribution in [3.8, 4) is 22.3 Å². The van der Waals surface area contributed by atoms with Gasteiger partial charge >= 0.3 is 71.3 Å². The quantitative estimate of drug-likeness (QED) is 0.00350. The van der Waals surface area contributed by atoms with Crippen LogP contribution in [-0.4, -0.2) is 211 Å². The Morgan fingerprint density at radius 2 is 0.775 bits per heavy atom. The van der Waals surface area contributed by atoms with E-state index in [-0.39, 0.29) is 98.6 Å². The van der Waals surface area contributed by atoms with Crippen molar-refractivity contribution >= 4 is 95.9 Å². The molecular formula is C107H165BBrN7NaO21. The maximum atomic E-state index is 13.8. The summed E-state index contributed by atoms with van der Waals surface area (Å²) in [6.45, 7) is 60.1. The monoisotopic (exact) mass is 2000 g/mol. The number of nitrogens with one attached hydrogen (secondary N) is 4. The van der Waals surface area contributed by atoms with Crippen LogP contribution < -0.4 is 56.6 Å². The molecule has 4 aromatic rings. The van der Waals surface area contributed by atoms with Crippen molar-refractivity contribution in [2.45, 2.75) is 295 Å². The number of methoxy groups -OCH3 is 4. The van der Waals surface area contributed by atoms with E-state index in [1.54, 1.807) is 15.9 Å². The van der Waals surface area contributed by atoms with Gasteiger partial charge in [0.25, 0.3) is 0 Å². The minimum Gasteiger partial charge on any atom is -0.793 e. The van der Waals surface area contributed by atoms with E-state index in [0.29, 0.717) is 45.6 Å². The molecule has 2 aliphatic rings. The van der Waals surface area contributed by atoms with Crippen LogP contribution in [0.5, 0.6) is 0 Å². The minimum atomic E-state index is -0.772. The molecule has 0 aliphatic carbocycles. The summed E-state index contributed by atoms with van der Waals surface area (Å²) in [5, 5.41) is 22.3. The van der Waals surface area contributed by atoms with E-state index in [1.165, 1.54) is 35.4 Å². The second kappa shape index (κ2) is 73.1. The number of allylic oxidation sites excluding steroid dienone is 5. The predicted molar refractivity (Wildman–Crippen MR) is 550 cm³/mol. The van der Waals surface area contributed by atoms with Crippen LogP contribution in [0.15, 0.2) is 171 Å². The number of hydrogen-bond donors (Lipinski definition) is 6. The number of carbonyl (C=O) groups excluding carboxylic acids is 10. The minimum absolute atomic E-state index is 0. The number of benzene rings is 4. The number of hydrogen-bond acceptors (Lipinski definition) is 25. The van der Waals surface area contributed by atoms with E-state index in [2.05, 4.69) is 152 Å². The van der Waals surface area contributed by atoms with Crippen LogP contribution in [0.1, 0.15) is 244 Å². The first-order valence-electron chi connectivity index (χ1n) is 46.8. The first-order valence-corrected chi connectivity index (χ1v) is 47.6. The number of unbranched alkanes of at least 4 members (excludes halogenated alkanes) is 9. The molecule has 2 heterocycles. The number of carboxylic acid groups (broad SMARTS) is 1. The van der Waals surface area contributed by atoms with Gasteiger partial charge in [-0.1, -0.05) is 230 Å². The van der Waals surface area contributed by atoms with Gasteiger partial charge in [-0.25, -0.2) is 29.0 Å². The molecule has 0 aromatic heterocycles. The number of aldehydes is 1. The number of ether oxygens (including phenoxy) is 6. The zero-order valence-corrected chi connectivity index (χ0v) is 90.8. The van der Waals surface area contributed by atoms with Gasteiger partial charge in [0.2, 0.25) is 17.8 Å². The van der Waals surface area contributed by atoms with Crippen LogP contribution in [-0.2, 0) is 109 Å². The number of amides is 2. The second-order valence-electron chi connectivity index (χ2n) is 38.3. The third-order valence-corrected chi connectivity index (χ3v) is 21.7. The molecule has 6 rings (SSSR count). The summed E-state index contributed by atoms with van der Waals surface area (Å²) < 4.78 is 36.6. The van der Waals surface area contributed by atoms with Gasteiger partial charge in [-0.05, 0) is 206 Å². The summed E-state index contributed by atoms with van der Waals surface area (Å²) in [6, 6.07) is 29.5. The number of aliphatic carboxylic acids is 1. The van der Waals surface area contributed by atoms with Gasteiger partial charge in [-0.3, -0.25) is 28.8 Å².